The second-order valence-corrected chi connectivity index (χ2v) is 7.90. The van der Waals surface area contributed by atoms with Gasteiger partial charge in [-0.05, 0) is 42.5 Å². The van der Waals surface area contributed by atoms with Crippen LogP contribution in [0.5, 0.6) is 5.75 Å². The molecule has 1 aromatic heterocycles. The van der Waals surface area contributed by atoms with Crippen molar-refractivity contribution in [2.45, 2.75) is 11.4 Å². The van der Waals surface area contributed by atoms with Crippen molar-refractivity contribution in [1.82, 2.24) is 8.54 Å². The second kappa shape index (κ2) is 7.13. The van der Waals surface area contributed by atoms with Gasteiger partial charge in [-0.25, -0.2) is 13.2 Å². The van der Waals surface area contributed by atoms with Gasteiger partial charge >= 0.3 is 11.7 Å². The van der Waals surface area contributed by atoms with E-state index >= 15 is 0 Å². The molecule has 0 atom stereocenters. The number of rotatable bonds is 5. The molecule has 11 heteroatoms. The van der Waals surface area contributed by atoms with Gasteiger partial charge in [0.25, 0.3) is 15.6 Å². The van der Waals surface area contributed by atoms with E-state index in [1.54, 1.807) is 0 Å². The lowest BCUT2D eigenvalue weighted by molar-refractivity contribution is -0.137. The third-order valence-electron chi connectivity index (χ3n) is 3.96. The Morgan fingerprint density at radius 2 is 1.79 bits per heavy atom. The molecule has 1 N–H and O–H groups in total. The molecular weight excluding hydrogens is 412 g/mol. The molecular formula is C17H13ClN2O7S. The molecule has 0 aliphatic heterocycles. The molecule has 0 bridgehead atoms. The fraction of sp³-hybridized carbons (Fsp3) is 0.118. The highest BCUT2D eigenvalue weighted by Crippen LogP contribution is 2.19. The Hall–Kier alpha value is -3.11. The molecule has 0 saturated carbocycles. The smallest absolute Gasteiger partial charge is 0.346 e. The summed E-state index contributed by atoms with van der Waals surface area (Å²) in [4.78, 5) is 36.5. The SMILES string of the molecule is COc1ccc(S(=O)(=O)n2c(=O)c3ccc(Cl)cc3n(CC(=O)O)c2=O)cc1. The topological polar surface area (TPSA) is 125 Å². The molecule has 0 saturated heterocycles. The van der Waals surface area contributed by atoms with Gasteiger partial charge in [0.1, 0.15) is 12.3 Å². The number of aromatic nitrogens is 2. The van der Waals surface area contributed by atoms with Gasteiger partial charge in [0.15, 0.2) is 0 Å². The molecule has 0 fully saturated rings. The highest BCUT2D eigenvalue weighted by atomic mass is 35.5. The minimum atomic E-state index is -4.60. The Labute approximate surface area is 163 Å². The summed E-state index contributed by atoms with van der Waals surface area (Å²) in [5.41, 5.74) is -2.49. The minimum Gasteiger partial charge on any atom is -0.497 e. The number of aliphatic carboxylic acids is 1. The molecule has 0 aliphatic rings. The van der Waals surface area contributed by atoms with Crippen LogP contribution in [0.25, 0.3) is 10.9 Å². The van der Waals surface area contributed by atoms with Crippen LogP contribution >= 0.6 is 11.6 Å². The van der Waals surface area contributed by atoms with Crippen LogP contribution in [0, 0.1) is 0 Å². The minimum absolute atomic E-state index is 0.0496. The number of methoxy groups -OCH3 is 1. The maximum Gasteiger partial charge on any atom is 0.346 e. The van der Waals surface area contributed by atoms with E-state index in [1.807, 2.05) is 0 Å². The van der Waals surface area contributed by atoms with Gasteiger partial charge in [-0.3, -0.25) is 14.2 Å². The van der Waals surface area contributed by atoms with Crippen LogP contribution < -0.4 is 16.0 Å². The molecule has 0 spiro atoms. The Kier molecular flexibility index (Phi) is 5.01. The lowest BCUT2D eigenvalue weighted by Gasteiger charge is -2.13. The summed E-state index contributed by atoms with van der Waals surface area (Å²) in [6.07, 6.45) is 0. The summed E-state index contributed by atoms with van der Waals surface area (Å²) in [6.45, 7) is -0.853. The van der Waals surface area contributed by atoms with Crippen molar-refractivity contribution < 1.29 is 23.1 Å². The summed E-state index contributed by atoms with van der Waals surface area (Å²) in [5, 5.41) is 9.10. The largest absolute Gasteiger partial charge is 0.497 e. The van der Waals surface area contributed by atoms with Gasteiger partial charge in [-0.15, -0.1) is 3.97 Å². The molecule has 0 amide bonds. The van der Waals surface area contributed by atoms with E-state index in [1.165, 1.54) is 49.6 Å². The fourth-order valence-corrected chi connectivity index (χ4v) is 4.15. The summed E-state index contributed by atoms with van der Waals surface area (Å²) >= 11 is 5.88. The highest BCUT2D eigenvalue weighted by Gasteiger charge is 2.26. The van der Waals surface area contributed by atoms with Crippen molar-refractivity contribution in [3.8, 4) is 5.75 Å². The Bertz CT molecular complexity index is 1310. The van der Waals surface area contributed by atoms with E-state index in [0.717, 1.165) is 0 Å². The maximum absolute atomic E-state index is 13.0. The summed E-state index contributed by atoms with van der Waals surface area (Å²) < 4.78 is 31.6. The number of carbonyl (C=O) groups is 1. The van der Waals surface area contributed by atoms with Gasteiger partial charge in [0.2, 0.25) is 0 Å². The van der Waals surface area contributed by atoms with Crippen LogP contribution in [0.15, 0.2) is 56.9 Å². The van der Waals surface area contributed by atoms with Crippen LogP contribution in [-0.4, -0.2) is 35.1 Å². The van der Waals surface area contributed by atoms with Gasteiger partial charge in [0, 0.05) is 5.02 Å². The van der Waals surface area contributed by atoms with E-state index in [9.17, 15) is 22.8 Å². The van der Waals surface area contributed by atoms with E-state index in [4.69, 9.17) is 21.4 Å². The van der Waals surface area contributed by atoms with Gasteiger partial charge in [0.05, 0.1) is 22.9 Å². The Morgan fingerprint density at radius 1 is 1.14 bits per heavy atom. The van der Waals surface area contributed by atoms with E-state index in [0.29, 0.717) is 10.3 Å². The molecule has 2 aromatic carbocycles. The number of carboxylic acid groups (broad SMARTS) is 1. The number of ether oxygens (including phenoxy) is 1. The normalized spacial score (nSPS) is 11.5. The standard InChI is InChI=1S/C17H13ClN2O7S/c1-27-11-3-5-12(6-4-11)28(25,26)20-16(23)13-7-2-10(18)8-14(13)19(17(20)24)9-15(21)22/h2-8H,9H2,1H3,(H,21,22). The zero-order valence-electron chi connectivity index (χ0n) is 14.3. The predicted molar refractivity (Wildman–Crippen MR) is 101 cm³/mol. The van der Waals surface area contributed by atoms with Crippen LogP contribution in [0.4, 0.5) is 0 Å². The zero-order valence-corrected chi connectivity index (χ0v) is 15.9. The van der Waals surface area contributed by atoms with Gasteiger partial charge in [-0.1, -0.05) is 11.6 Å². The summed E-state index contributed by atoms with van der Waals surface area (Å²) in [6, 6.07) is 8.86. The molecule has 0 unspecified atom stereocenters. The number of hydrogen-bond donors (Lipinski definition) is 1. The first-order valence-corrected chi connectivity index (χ1v) is 9.55. The van der Waals surface area contributed by atoms with Crippen molar-refractivity contribution in [2.75, 3.05) is 7.11 Å². The fourth-order valence-electron chi connectivity index (χ4n) is 2.67. The van der Waals surface area contributed by atoms with Crippen molar-refractivity contribution in [3.63, 3.8) is 0 Å². The molecule has 3 aromatic rings. The third-order valence-corrected chi connectivity index (χ3v) is 5.87. The van der Waals surface area contributed by atoms with Crippen LogP contribution in [0.1, 0.15) is 0 Å². The first-order chi connectivity index (χ1) is 13.2. The first-order valence-electron chi connectivity index (χ1n) is 7.73. The quantitative estimate of drug-likeness (QED) is 0.651. The van der Waals surface area contributed by atoms with Crippen LogP contribution in [0.3, 0.4) is 0 Å². The third kappa shape index (κ3) is 3.27. The number of benzene rings is 2. The highest BCUT2D eigenvalue weighted by molar-refractivity contribution is 7.90. The predicted octanol–water partition coefficient (Wildman–Crippen LogP) is 1.15. The molecule has 3 rings (SSSR count). The molecule has 1 heterocycles. The average Bonchev–Trinajstić information content (AvgIpc) is 2.64. The Balaban J connectivity index is 2.40. The van der Waals surface area contributed by atoms with E-state index in [2.05, 4.69) is 0 Å². The molecule has 146 valence electrons. The molecule has 0 aliphatic carbocycles. The number of nitrogens with zero attached hydrogens (tertiary/aromatic N) is 2. The van der Waals surface area contributed by atoms with Crippen molar-refractivity contribution in [3.05, 3.63) is 68.3 Å². The van der Waals surface area contributed by atoms with Gasteiger partial charge < -0.3 is 9.84 Å². The number of hydrogen-bond acceptors (Lipinski definition) is 6. The maximum atomic E-state index is 13.0. The monoisotopic (exact) mass is 424 g/mol. The van der Waals surface area contributed by atoms with Crippen molar-refractivity contribution in [1.29, 1.82) is 0 Å². The summed E-state index contributed by atoms with van der Waals surface area (Å²) in [5.74, 6) is -1.02. The lowest BCUT2D eigenvalue weighted by Crippen LogP contribution is -2.44. The number of carboxylic acids is 1. The molecule has 9 nitrogen and oxygen atoms in total. The average molecular weight is 425 g/mol. The van der Waals surface area contributed by atoms with Crippen LogP contribution in [-0.2, 0) is 21.4 Å². The van der Waals surface area contributed by atoms with E-state index in [-0.39, 0.29) is 24.8 Å². The first kappa shape index (κ1) is 19.6. The van der Waals surface area contributed by atoms with Gasteiger partial charge in [-0.2, -0.15) is 0 Å². The van der Waals surface area contributed by atoms with Crippen molar-refractivity contribution >= 4 is 38.5 Å². The zero-order chi connectivity index (χ0) is 20.6. The Morgan fingerprint density at radius 3 is 2.36 bits per heavy atom. The van der Waals surface area contributed by atoms with Crippen molar-refractivity contribution in [2.24, 2.45) is 0 Å². The number of halogens is 1. The second-order valence-electron chi connectivity index (χ2n) is 5.67. The molecule has 28 heavy (non-hydrogen) atoms. The molecule has 0 radical (unpaired) electrons. The number of fused-ring (bicyclic) bond motifs is 1. The lowest BCUT2D eigenvalue weighted by atomic mass is 10.2. The summed E-state index contributed by atoms with van der Waals surface area (Å²) in [7, 11) is -3.20. The van der Waals surface area contributed by atoms with E-state index < -0.39 is 33.8 Å². The van der Waals surface area contributed by atoms with Crippen LogP contribution in [0.2, 0.25) is 5.02 Å².